The van der Waals surface area contributed by atoms with Crippen LogP contribution in [0.3, 0.4) is 0 Å². The number of aromatic nitrogens is 3. The van der Waals surface area contributed by atoms with E-state index in [1.54, 1.807) is 30.8 Å². The Morgan fingerprint density at radius 3 is 2.75 bits per heavy atom. The molecule has 0 spiro atoms. The average molecular weight is 451 g/mol. The smallest absolute Gasteiger partial charge is 0.339 e. The molecular formula is C21H17N5O5S. The summed E-state index contributed by atoms with van der Waals surface area (Å²) in [7, 11) is 1.73. The first-order valence-corrected chi connectivity index (χ1v) is 10.3. The highest BCUT2D eigenvalue weighted by atomic mass is 32.1. The summed E-state index contributed by atoms with van der Waals surface area (Å²) < 4.78 is 6.81. The molecule has 32 heavy (non-hydrogen) atoms. The van der Waals surface area contributed by atoms with Crippen LogP contribution in [-0.2, 0) is 16.6 Å². The Morgan fingerprint density at radius 2 is 2.03 bits per heavy atom. The van der Waals surface area contributed by atoms with Gasteiger partial charge in [0.15, 0.2) is 12.3 Å². The van der Waals surface area contributed by atoms with Gasteiger partial charge in [0.25, 0.3) is 11.6 Å². The molecule has 0 bridgehead atoms. The standard InChI is InChI=1S/C21H17N5O5S/c1-12-19-13(10-15(17-8-5-9-32-17)23-20(19)25(2)24-12)21(28)31-11-18(27)22-14-6-3-4-7-16(14)26(29)30/h3-10H,11H2,1-2H3,(H,22,27). The highest BCUT2D eigenvalue weighted by Gasteiger charge is 2.22. The molecule has 0 unspecified atom stereocenters. The molecule has 3 aromatic heterocycles. The van der Waals surface area contributed by atoms with Crippen molar-refractivity contribution in [2.24, 2.45) is 7.05 Å². The Labute approximate surface area is 185 Å². The Morgan fingerprint density at radius 1 is 1.25 bits per heavy atom. The van der Waals surface area contributed by atoms with Crippen LogP contribution in [0.2, 0.25) is 0 Å². The van der Waals surface area contributed by atoms with Crippen LogP contribution in [-0.4, -0.2) is 38.2 Å². The fourth-order valence-electron chi connectivity index (χ4n) is 3.29. The fourth-order valence-corrected chi connectivity index (χ4v) is 3.98. The van der Waals surface area contributed by atoms with Crippen molar-refractivity contribution in [3.63, 3.8) is 0 Å². The molecule has 0 aliphatic carbocycles. The van der Waals surface area contributed by atoms with Crippen LogP contribution < -0.4 is 5.32 Å². The monoisotopic (exact) mass is 451 g/mol. The third kappa shape index (κ3) is 4.05. The molecule has 0 atom stereocenters. The van der Waals surface area contributed by atoms with Crippen LogP contribution in [0, 0.1) is 17.0 Å². The number of nitrogens with zero attached hydrogens (tertiary/aromatic N) is 4. The van der Waals surface area contributed by atoms with E-state index in [9.17, 15) is 19.7 Å². The number of hydrogen-bond donors (Lipinski definition) is 1. The lowest BCUT2D eigenvalue weighted by molar-refractivity contribution is -0.383. The zero-order valence-electron chi connectivity index (χ0n) is 17.1. The molecule has 0 radical (unpaired) electrons. The molecule has 0 aliphatic rings. The average Bonchev–Trinajstić information content (AvgIpc) is 3.40. The first kappa shape index (κ1) is 21.1. The van der Waals surface area contributed by atoms with E-state index < -0.39 is 23.4 Å². The summed E-state index contributed by atoms with van der Waals surface area (Å²) in [5, 5.41) is 20.3. The van der Waals surface area contributed by atoms with E-state index in [2.05, 4.69) is 15.4 Å². The molecule has 0 saturated heterocycles. The minimum atomic E-state index is -0.719. The number of thiophene rings is 1. The number of para-hydroxylation sites is 2. The Bertz CT molecular complexity index is 1350. The van der Waals surface area contributed by atoms with Crippen LogP contribution in [0.5, 0.6) is 0 Å². The molecule has 0 saturated carbocycles. The molecular weight excluding hydrogens is 434 g/mol. The first-order chi connectivity index (χ1) is 15.3. The number of amides is 1. The van der Waals surface area contributed by atoms with Gasteiger partial charge in [-0.2, -0.15) is 5.10 Å². The number of carbonyl (C=O) groups excluding carboxylic acids is 2. The van der Waals surface area contributed by atoms with Crippen molar-refractivity contribution in [3.05, 3.63) is 69.2 Å². The quantitative estimate of drug-likeness (QED) is 0.269. The van der Waals surface area contributed by atoms with E-state index in [-0.39, 0.29) is 16.9 Å². The SMILES string of the molecule is Cc1nn(C)c2nc(-c3cccs3)cc(C(=O)OCC(=O)Nc3ccccc3[N+](=O)[O-])c12. The lowest BCUT2D eigenvalue weighted by Gasteiger charge is -2.09. The molecule has 1 amide bonds. The predicted molar refractivity (Wildman–Crippen MR) is 119 cm³/mol. The minimum Gasteiger partial charge on any atom is -0.452 e. The number of nitro groups is 1. The third-order valence-electron chi connectivity index (χ3n) is 4.67. The highest BCUT2D eigenvalue weighted by molar-refractivity contribution is 7.13. The minimum absolute atomic E-state index is 0.0212. The van der Waals surface area contributed by atoms with Gasteiger partial charge in [0.05, 0.1) is 32.1 Å². The maximum Gasteiger partial charge on any atom is 0.339 e. The number of anilines is 1. The molecule has 3 heterocycles. The van der Waals surface area contributed by atoms with Gasteiger partial charge in [-0.25, -0.2) is 9.78 Å². The zero-order chi connectivity index (χ0) is 22.8. The molecule has 10 nitrogen and oxygen atoms in total. The van der Waals surface area contributed by atoms with Crippen molar-refractivity contribution >= 4 is 45.6 Å². The topological polar surface area (TPSA) is 129 Å². The maximum absolute atomic E-state index is 12.9. The summed E-state index contributed by atoms with van der Waals surface area (Å²) in [6.07, 6.45) is 0. The van der Waals surface area contributed by atoms with Gasteiger partial charge in [-0.15, -0.1) is 11.3 Å². The third-order valence-corrected chi connectivity index (χ3v) is 5.56. The molecule has 1 N–H and O–H groups in total. The van der Waals surface area contributed by atoms with Gasteiger partial charge in [-0.05, 0) is 30.5 Å². The van der Waals surface area contributed by atoms with Crippen LogP contribution in [0.25, 0.3) is 21.6 Å². The van der Waals surface area contributed by atoms with Gasteiger partial charge >= 0.3 is 5.97 Å². The van der Waals surface area contributed by atoms with Gasteiger partial charge < -0.3 is 10.1 Å². The van der Waals surface area contributed by atoms with Crippen LogP contribution in [0.4, 0.5) is 11.4 Å². The number of carbonyl (C=O) groups is 2. The van der Waals surface area contributed by atoms with Crippen molar-refractivity contribution in [1.29, 1.82) is 0 Å². The highest BCUT2D eigenvalue weighted by Crippen LogP contribution is 2.29. The number of fused-ring (bicyclic) bond motifs is 1. The van der Waals surface area contributed by atoms with E-state index in [1.165, 1.54) is 29.5 Å². The van der Waals surface area contributed by atoms with Crippen molar-refractivity contribution in [1.82, 2.24) is 14.8 Å². The number of aryl methyl sites for hydroxylation is 2. The largest absolute Gasteiger partial charge is 0.452 e. The van der Waals surface area contributed by atoms with E-state index in [0.29, 0.717) is 22.4 Å². The molecule has 0 aliphatic heterocycles. The van der Waals surface area contributed by atoms with Gasteiger partial charge in [-0.3, -0.25) is 19.6 Å². The number of esters is 1. The van der Waals surface area contributed by atoms with E-state index in [1.807, 2.05) is 17.5 Å². The van der Waals surface area contributed by atoms with Crippen LogP contribution in [0.1, 0.15) is 16.1 Å². The lowest BCUT2D eigenvalue weighted by atomic mass is 10.1. The summed E-state index contributed by atoms with van der Waals surface area (Å²) in [5.74, 6) is -1.41. The fraction of sp³-hybridized carbons (Fsp3) is 0.143. The maximum atomic E-state index is 12.9. The number of ether oxygens (including phenoxy) is 1. The van der Waals surface area contributed by atoms with Crippen molar-refractivity contribution in [2.45, 2.75) is 6.92 Å². The van der Waals surface area contributed by atoms with Crippen molar-refractivity contribution in [2.75, 3.05) is 11.9 Å². The number of nitro benzene ring substituents is 1. The van der Waals surface area contributed by atoms with E-state index in [0.717, 1.165) is 4.88 Å². The van der Waals surface area contributed by atoms with Gasteiger partial charge in [0, 0.05) is 13.1 Å². The lowest BCUT2D eigenvalue weighted by Crippen LogP contribution is -2.21. The van der Waals surface area contributed by atoms with Crippen molar-refractivity contribution in [3.8, 4) is 10.6 Å². The van der Waals surface area contributed by atoms with E-state index >= 15 is 0 Å². The van der Waals surface area contributed by atoms with Crippen LogP contribution in [0.15, 0.2) is 47.8 Å². The first-order valence-electron chi connectivity index (χ1n) is 9.43. The molecule has 11 heteroatoms. The zero-order valence-corrected chi connectivity index (χ0v) is 17.9. The second kappa shape index (κ2) is 8.55. The number of benzene rings is 1. The Balaban J connectivity index is 1.58. The second-order valence-electron chi connectivity index (χ2n) is 6.84. The molecule has 0 fully saturated rings. The molecule has 162 valence electrons. The number of pyridine rings is 1. The number of hydrogen-bond acceptors (Lipinski definition) is 8. The Hall–Kier alpha value is -4.12. The summed E-state index contributed by atoms with van der Waals surface area (Å²) in [5.41, 5.74) is 1.71. The molecule has 4 rings (SSSR count). The van der Waals surface area contributed by atoms with E-state index in [4.69, 9.17) is 4.74 Å². The summed E-state index contributed by atoms with van der Waals surface area (Å²) >= 11 is 1.48. The predicted octanol–water partition coefficient (Wildman–Crippen LogP) is 3.71. The normalized spacial score (nSPS) is 10.8. The van der Waals surface area contributed by atoms with Gasteiger partial charge in [0.2, 0.25) is 0 Å². The van der Waals surface area contributed by atoms with Crippen molar-refractivity contribution < 1.29 is 19.2 Å². The van der Waals surface area contributed by atoms with Gasteiger partial charge in [-0.1, -0.05) is 18.2 Å². The van der Waals surface area contributed by atoms with Gasteiger partial charge in [0.1, 0.15) is 5.69 Å². The molecule has 4 aromatic rings. The summed E-state index contributed by atoms with van der Waals surface area (Å²) in [4.78, 5) is 41.2. The Kier molecular flexibility index (Phi) is 5.65. The van der Waals surface area contributed by atoms with Crippen LogP contribution >= 0.6 is 11.3 Å². The number of nitrogens with one attached hydrogen (secondary N) is 1. The second-order valence-corrected chi connectivity index (χ2v) is 7.79. The molecule has 1 aromatic carbocycles. The number of rotatable bonds is 6. The summed E-state index contributed by atoms with van der Waals surface area (Å²) in [6.45, 7) is 1.15. The summed E-state index contributed by atoms with van der Waals surface area (Å²) in [6, 6.07) is 11.1.